The van der Waals surface area contributed by atoms with Gasteiger partial charge in [-0.2, -0.15) is 0 Å². The fourth-order valence-corrected chi connectivity index (χ4v) is 3.96. The first-order chi connectivity index (χ1) is 14.2. The molecule has 3 aromatic carbocycles. The van der Waals surface area contributed by atoms with Crippen LogP contribution in [-0.4, -0.2) is 31.9 Å². The van der Waals surface area contributed by atoms with Crippen molar-refractivity contribution in [3.05, 3.63) is 83.9 Å². The Bertz CT molecular complexity index is 1110. The molecule has 6 nitrogen and oxygen atoms in total. The van der Waals surface area contributed by atoms with Gasteiger partial charge in [-0.25, -0.2) is 4.68 Å². The van der Waals surface area contributed by atoms with Crippen molar-refractivity contribution >= 4 is 28.4 Å². The Morgan fingerprint density at radius 1 is 1.03 bits per heavy atom. The zero-order chi connectivity index (χ0) is 20.1. The predicted octanol–water partition coefficient (Wildman–Crippen LogP) is 3.84. The Morgan fingerprint density at radius 3 is 2.66 bits per heavy atom. The highest BCUT2D eigenvalue weighted by atomic mass is 32.2. The van der Waals surface area contributed by atoms with E-state index in [1.165, 1.54) is 17.1 Å². The normalized spacial score (nSPS) is 12.0. The van der Waals surface area contributed by atoms with Gasteiger partial charge in [-0.05, 0) is 39.2 Å². The molecule has 1 atom stereocenters. The highest BCUT2D eigenvalue weighted by molar-refractivity contribution is 7.99. The van der Waals surface area contributed by atoms with Gasteiger partial charge in [-0.1, -0.05) is 84.6 Å². The molecule has 1 aromatic heterocycles. The third-order valence-corrected chi connectivity index (χ3v) is 5.63. The minimum Gasteiger partial charge on any atom is -0.349 e. The number of fused-ring (bicyclic) bond motifs is 1. The summed E-state index contributed by atoms with van der Waals surface area (Å²) in [6.45, 7) is 2.58. The van der Waals surface area contributed by atoms with E-state index in [0.29, 0.717) is 11.7 Å². The lowest BCUT2D eigenvalue weighted by atomic mass is 10.00. The van der Waals surface area contributed by atoms with Crippen LogP contribution in [0.2, 0.25) is 0 Å². The van der Waals surface area contributed by atoms with E-state index in [0.717, 1.165) is 16.5 Å². The molecule has 146 valence electrons. The summed E-state index contributed by atoms with van der Waals surface area (Å²) in [6, 6.07) is 24.2. The van der Waals surface area contributed by atoms with E-state index in [1.807, 2.05) is 55.5 Å². The maximum absolute atomic E-state index is 12.5. The number of rotatable bonds is 7. The molecule has 1 amide bonds. The van der Waals surface area contributed by atoms with E-state index < -0.39 is 0 Å². The highest BCUT2D eigenvalue weighted by Crippen LogP contribution is 2.24. The van der Waals surface area contributed by atoms with Crippen LogP contribution in [0.5, 0.6) is 0 Å². The summed E-state index contributed by atoms with van der Waals surface area (Å²) >= 11 is 1.34. The van der Waals surface area contributed by atoms with Crippen molar-refractivity contribution in [3.63, 3.8) is 0 Å². The fraction of sp³-hybridized carbons (Fsp3) is 0.182. The van der Waals surface area contributed by atoms with Crippen molar-refractivity contribution < 1.29 is 4.79 Å². The van der Waals surface area contributed by atoms with Crippen molar-refractivity contribution in [3.8, 4) is 0 Å². The fourth-order valence-electron chi connectivity index (χ4n) is 3.27. The first kappa shape index (κ1) is 19.1. The molecule has 1 heterocycles. The van der Waals surface area contributed by atoms with Gasteiger partial charge in [0.2, 0.25) is 11.1 Å². The molecule has 0 aliphatic heterocycles. The molecule has 0 fully saturated rings. The molecule has 0 saturated carbocycles. The number of tetrazole rings is 1. The Balaban J connectivity index is 1.38. The molecule has 29 heavy (non-hydrogen) atoms. The topological polar surface area (TPSA) is 72.7 Å². The van der Waals surface area contributed by atoms with Crippen LogP contribution in [0.4, 0.5) is 0 Å². The summed E-state index contributed by atoms with van der Waals surface area (Å²) in [5.74, 6) is 0.203. The monoisotopic (exact) mass is 403 g/mol. The number of thioether (sulfide) groups is 1. The summed E-state index contributed by atoms with van der Waals surface area (Å²) in [4.78, 5) is 12.5. The number of carbonyl (C=O) groups excluding carboxylic acids is 1. The summed E-state index contributed by atoms with van der Waals surface area (Å²) < 4.78 is 1.71. The van der Waals surface area contributed by atoms with Gasteiger partial charge in [-0.15, -0.1) is 5.10 Å². The van der Waals surface area contributed by atoms with Crippen LogP contribution in [0.3, 0.4) is 0 Å². The van der Waals surface area contributed by atoms with Crippen LogP contribution in [0.1, 0.15) is 24.1 Å². The van der Waals surface area contributed by atoms with E-state index in [4.69, 9.17) is 0 Å². The number of hydrogen-bond donors (Lipinski definition) is 1. The number of nitrogens with zero attached hydrogens (tertiary/aromatic N) is 4. The molecule has 0 unspecified atom stereocenters. The second-order valence-corrected chi connectivity index (χ2v) is 7.69. The lowest BCUT2D eigenvalue weighted by molar-refractivity contribution is -0.119. The molecule has 0 aliphatic rings. The second-order valence-electron chi connectivity index (χ2n) is 6.75. The first-order valence-corrected chi connectivity index (χ1v) is 10.4. The maximum Gasteiger partial charge on any atom is 0.230 e. The van der Waals surface area contributed by atoms with Gasteiger partial charge < -0.3 is 5.32 Å². The van der Waals surface area contributed by atoms with Crippen LogP contribution in [0.25, 0.3) is 10.8 Å². The molecule has 1 N–H and O–H groups in total. The summed E-state index contributed by atoms with van der Waals surface area (Å²) in [6.07, 6.45) is 0. The third kappa shape index (κ3) is 4.63. The van der Waals surface area contributed by atoms with Crippen molar-refractivity contribution in [1.82, 2.24) is 25.5 Å². The number of hydrogen-bond acceptors (Lipinski definition) is 5. The van der Waals surface area contributed by atoms with Gasteiger partial charge in [0, 0.05) is 0 Å². The Morgan fingerprint density at radius 2 is 1.79 bits per heavy atom. The highest BCUT2D eigenvalue weighted by Gasteiger charge is 2.14. The van der Waals surface area contributed by atoms with Crippen LogP contribution < -0.4 is 5.32 Å². The summed E-state index contributed by atoms with van der Waals surface area (Å²) in [7, 11) is 0. The number of aromatic nitrogens is 4. The van der Waals surface area contributed by atoms with Gasteiger partial charge in [-0.3, -0.25) is 4.79 Å². The van der Waals surface area contributed by atoms with Crippen LogP contribution in [0, 0.1) is 0 Å². The third-order valence-electron chi connectivity index (χ3n) is 4.67. The molecule has 0 radical (unpaired) electrons. The molecule has 0 saturated heterocycles. The molecule has 4 rings (SSSR count). The van der Waals surface area contributed by atoms with Crippen molar-refractivity contribution in [2.45, 2.75) is 24.7 Å². The van der Waals surface area contributed by atoms with E-state index in [1.54, 1.807) is 4.68 Å². The van der Waals surface area contributed by atoms with Gasteiger partial charge >= 0.3 is 0 Å². The first-order valence-electron chi connectivity index (χ1n) is 9.40. The molecular formula is C22H21N5OS. The maximum atomic E-state index is 12.5. The van der Waals surface area contributed by atoms with E-state index >= 15 is 0 Å². The van der Waals surface area contributed by atoms with E-state index in [9.17, 15) is 4.79 Å². The van der Waals surface area contributed by atoms with Crippen LogP contribution in [0.15, 0.2) is 78.0 Å². The number of carbonyl (C=O) groups is 1. The predicted molar refractivity (Wildman–Crippen MR) is 115 cm³/mol. The van der Waals surface area contributed by atoms with Crippen molar-refractivity contribution in [2.75, 3.05) is 5.75 Å². The average Bonchev–Trinajstić information content (AvgIpc) is 3.19. The Labute approximate surface area is 173 Å². The Kier molecular flexibility index (Phi) is 5.86. The molecule has 4 aromatic rings. The minimum atomic E-state index is -0.0884. The molecular weight excluding hydrogens is 382 g/mol. The lowest BCUT2D eigenvalue weighted by Crippen LogP contribution is -2.28. The quantitative estimate of drug-likeness (QED) is 0.475. The van der Waals surface area contributed by atoms with Gasteiger partial charge in [0.15, 0.2) is 0 Å². The molecule has 0 bridgehead atoms. The average molecular weight is 404 g/mol. The zero-order valence-corrected chi connectivity index (χ0v) is 16.8. The van der Waals surface area contributed by atoms with Crippen LogP contribution in [-0.2, 0) is 11.3 Å². The van der Waals surface area contributed by atoms with Gasteiger partial charge in [0.05, 0.1) is 18.3 Å². The summed E-state index contributed by atoms with van der Waals surface area (Å²) in [5.41, 5.74) is 2.21. The van der Waals surface area contributed by atoms with Gasteiger partial charge in [0.1, 0.15) is 0 Å². The van der Waals surface area contributed by atoms with Gasteiger partial charge in [0.25, 0.3) is 0 Å². The standard InChI is InChI=1S/C22H21N5OS/c1-16(19-13-7-11-18-10-5-6-12-20(18)19)23-21(28)15-29-22-24-25-26-27(22)14-17-8-3-2-4-9-17/h2-13,16H,14-15H2,1H3,(H,23,28)/t16-/m0/s1. The minimum absolute atomic E-state index is 0.0512. The van der Waals surface area contributed by atoms with Crippen molar-refractivity contribution in [2.24, 2.45) is 0 Å². The number of nitrogens with one attached hydrogen (secondary N) is 1. The van der Waals surface area contributed by atoms with Crippen LogP contribution >= 0.6 is 11.8 Å². The smallest absolute Gasteiger partial charge is 0.230 e. The second kappa shape index (κ2) is 8.87. The number of amides is 1. The lowest BCUT2D eigenvalue weighted by Gasteiger charge is -2.16. The molecule has 0 spiro atoms. The largest absolute Gasteiger partial charge is 0.349 e. The zero-order valence-electron chi connectivity index (χ0n) is 16.0. The molecule has 7 heteroatoms. The SMILES string of the molecule is C[C@H](NC(=O)CSc1nnnn1Cc1ccccc1)c1cccc2ccccc12. The van der Waals surface area contributed by atoms with Crippen molar-refractivity contribution in [1.29, 1.82) is 0 Å². The summed E-state index contributed by atoms with van der Waals surface area (Å²) in [5, 5.41) is 17.9. The Hall–Kier alpha value is -3.19. The molecule has 0 aliphatic carbocycles. The number of benzene rings is 3. The van der Waals surface area contributed by atoms with E-state index in [2.05, 4.69) is 45.1 Å². The van der Waals surface area contributed by atoms with E-state index in [-0.39, 0.29) is 17.7 Å².